The molecule has 2 aromatic carbocycles. The summed E-state index contributed by atoms with van der Waals surface area (Å²) in [5.74, 6) is 0. The standard InChI is InChI=1S/C21H26N2/c1-2-9-15-23-20-13-8-7-12-19(20)17-22(21(23)14-6-1)16-18-10-4-3-5-11-18/h3-5,7-8,10-13,21H,1-2,6,9,14-17H2. The normalized spacial score (nSPS) is 21.9. The Bertz CT molecular complexity index is 637. The summed E-state index contributed by atoms with van der Waals surface area (Å²) in [4.78, 5) is 5.36. The maximum absolute atomic E-state index is 2.68. The largest absolute Gasteiger partial charge is 0.355 e. The molecule has 0 saturated carbocycles. The van der Waals surface area contributed by atoms with Gasteiger partial charge in [0.25, 0.3) is 0 Å². The first-order chi connectivity index (χ1) is 11.4. The minimum atomic E-state index is 0.561. The lowest BCUT2D eigenvalue weighted by Crippen LogP contribution is -2.52. The zero-order chi connectivity index (χ0) is 15.5. The van der Waals surface area contributed by atoms with E-state index >= 15 is 0 Å². The average Bonchev–Trinajstić information content (AvgIpc) is 2.56. The molecular weight excluding hydrogens is 280 g/mol. The number of rotatable bonds is 2. The van der Waals surface area contributed by atoms with Crippen LogP contribution in [0.1, 0.15) is 43.2 Å². The highest BCUT2D eigenvalue weighted by Crippen LogP contribution is 2.35. The summed E-state index contributed by atoms with van der Waals surface area (Å²) in [5, 5.41) is 0. The molecule has 23 heavy (non-hydrogen) atoms. The number of nitrogens with zero attached hydrogens (tertiary/aromatic N) is 2. The lowest BCUT2D eigenvalue weighted by molar-refractivity contribution is 0.144. The number of fused-ring (bicyclic) bond motifs is 3. The molecule has 0 aromatic heterocycles. The molecule has 1 saturated heterocycles. The molecule has 0 bridgehead atoms. The van der Waals surface area contributed by atoms with Crippen LogP contribution < -0.4 is 4.90 Å². The first kappa shape index (κ1) is 14.8. The van der Waals surface area contributed by atoms with Gasteiger partial charge < -0.3 is 4.90 Å². The van der Waals surface area contributed by atoms with E-state index in [-0.39, 0.29) is 0 Å². The van der Waals surface area contributed by atoms with Crippen LogP contribution in [0, 0.1) is 0 Å². The highest BCUT2D eigenvalue weighted by Gasteiger charge is 2.32. The number of anilines is 1. The van der Waals surface area contributed by atoms with Crippen molar-refractivity contribution in [3.63, 3.8) is 0 Å². The van der Waals surface area contributed by atoms with Gasteiger partial charge in [0.2, 0.25) is 0 Å². The van der Waals surface area contributed by atoms with E-state index in [0.717, 1.165) is 13.1 Å². The first-order valence-electron chi connectivity index (χ1n) is 9.04. The summed E-state index contributed by atoms with van der Waals surface area (Å²) in [6.45, 7) is 3.33. The predicted octanol–water partition coefficient (Wildman–Crippen LogP) is 4.80. The van der Waals surface area contributed by atoms with E-state index in [1.165, 1.54) is 55.5 Å². The van der Waals surface area contributed by atoms with Crippen LogP contribution in [0.15, 0.2) is 54.6 Å². The highest BCUT2D eigenvalue weighted by atomic mass is 15.4. The monoisotopic (exact) mass is 306 g/mol. The molecule has 2 aromatic rings. The van der Waals surface area contributed by atoms with Crippen LogP contribution in [-0.4, -0.2) is 17.6 Å². The summed E-state index contributed by atoms with van der Waals surface area (Å²) >= 11 is 0. The number of benzene rings is 2. The molecule has 0 amide bonds. The van der Waals surface area contributed by atoms with Crippen molar-refractivity contribution in [1.82, 2.24) is 4.90 Å². The van der Waals surface area contributed by atoms with Crippen LogP contribution in [0.5, 0.6) is 0 Å². The maximum atomic E-state index is 2.68. The Morgan fingerprint density at radius 3 is 2.52 bits per heavy atom. The minimum Gasteiger partial charge on any atom is -0.355 e. The Morgan fingerprint density at radius 1 is 0.826 bits per heavy atom. The molecule has 1 atom stereocenters. The third-order valence-corrected chi connectivity index (χ3v) is 5.30. The van der Waals surface area contributed by atoms with Gasteiger partial charge in [-0.3, -0.25) is 4.90 Å². The topological polar surface area (TPSA) is 6.48 Å². The molecule has 2 heterocycles. The summed E-state index contributed by atoms with van der Waals surface area (Å²) in [7, 11) is 0. The van der Waals surface area contributed by atoms with E-state index in [0.29, 0.717) is 6.17 Å². The van der Waals surface area contributed by atoms with Gasteiger partial charge >= 0.3 is 0 Å². The van der Waals surface area contributed by atoms with Gasteiger partial charge in [-0.25, -0.2) is 0 Å². The molecule has 2 aliphatic heterocycles. The van der Waals surface area contributed by atoms with E-state index in [1.54, 1.807) is 0 Å². The second kappa shape index (κ2) is 6.76. The van der Waals surface area contributed by atoms with Crippen LogP contribution in [0.4, 0.5) is 5.69 Å². The number of hydrogen-bond acceptors (Lipinski definition) is 2. The van der Waals surface area contributed by atoms with E-state index in [4.69, 9.17) is 0 Å². The second-order valence-electron chi connectivity index (χ2n) is 6.90. The fourth-order valence-electron chi connectivity index (χ4n) is 4.16. The second-order valence-corrected chi connectivity index (χ2v) is 6.90. The van der Waals surface area contributed by atoms with Crippen LogP contribution >= 0.6 is 0 Å². The molecule has 4 rings (SSSR count). The zero-order valence-electron chi connectivity index (χ0n) is 13.8. The average molecular weight is 306 g/mol. The molecule has 1 unspecified atom stereocenters. The van der Waals surface area contributed by atoms with Crippen molar-refractivity contribution in [2.75, 3.05) is 11.4 Å². The molecule has 0 spiro atoms. The summed E-state index contributed by atoms with van der Waals surface area (Å²) in [6, 6.07) is 19.9. The smallest absolute Gasteiger partial charge is 0.0826 e. The van der Waals surface area contributed by atoms with Crippen molar-refractivity contribution in [3.8, 4) is 0 Å². The van der Waals surface area contributed by atoms with Crippen LogP contribution in [0.25, 0.3) is 0 Å². The van der Waals surface area contributed by atoms with Crippen molar-refractivity contribution >= 4 is 5.69 Å². The molecule has 0 aliphatic carbocycles. The van der Waals surface area contributed by atoms with Gasteiger partial charge in [0.15, 0.2) is 0 Å². The number of hydrogen-bond donors (Lipinski definition) is 0. The molecule has 0 N–H and O–H groups in total. The lowest BCUT2D eigenvalue weighted by atomic mass is 9.98. The van der Waals surface area contributed by atoms with Gasteiger partial charge in [0, 0.05) is 25.3 Å². The van der Waals surface area contributed by atoms with E-state index in [9.17, 15) is 0 Å². The zero-order valence-corrected chi connectivity index (χ0v) is 13.8. The van der Waals surface area contributed by atoms with Gasteiger partial charge in [-0.2, -0.15) is 0 Å². The SMILES string of the molecule is c1ccc(CN2Cc3ccccc3N3CCCCCCC23)cc1. The molecule has 1 fully saturated rings. The molecule has 0 radical (unpaired) electrons. The quantitative estimate of drug-likeness (QED) is 0.786. The fraction of sp³-hybridized carbons (Fsp3) is 0.429. The van der Waals surface area contributed by atoms with Crippen molar-refractivity contribution < 1.29 is 0 Å². The lowest BCUT2D eigenvalue weighted by Gasteiger charge is -2.47. The summed E-state index contributed by atoms with van der Waals surface area (Å²) < 4.78 is 0. The van der Waals surface area contributed by atoms with E-state index in [2.05, 4.69) is 64.4 Å². The Labute approximate surface area is 139 Å². The van der Waals surface area contributed by atoms with Gasteiger partial charge in [-0.1, -0.05) is 67.8 Å². The third-order valence-electron chi connectivity index (χ3n) is 5.30. The van der Waals surface area contributed by atoms with Gasteiger partial charge in [0.1, 0.15) is 0 Å². The fourth-order valence-corrected chi connectivity index (χ4v) is 4.16. The predicted molar refractivity (Wildman–Crippen MR) is 96.4 cm³/mol. The molecule has 2 nitrogen and oxygen atoms in total. The number of para-hydroxylation sites is 1. The maximum Gasteiger partial charge on any atom is 0.0826 e. The Hall–Kier alpha value is -1.80. The summed E-state index contributed by atoms with van der Waals surface area (Å²) in [6.07, 6.45) is 7.31. The van der Waals surface area contributed by atoms with Gasteiger partial charge in [-0.15, -0.1) is 0 Å². The van der Waals surface area contributed by atoms with Crippen LogP contribution in [0.3, 0.4) is 0 Å². The van der Waals surface area contributed by atoms with Crippen molar-refractivity contribution in [2.45, 2.75) is 51.4 Å². The van der Waals surface area contributed by atoms with Gasteiger partial charge in [0.05, 0.1) is 6.17 Å². The molecule has 120 valence electrons. The minimum absolute atomic E-state index is 0.561. The van der Waals surface area contributed by atoms with Crippen LogP contribution in [0.2, 0.25) is 0 Å². The summed E-state index contributed by atoms with van der Waals surface area (Å²) in [5.41, 5.74) is 4.39. The van der Waals surface area contributed by atoms with Crippen molar-refractivity contribution in [1.29, 1.82) is 0 Å². The third kappa shape index (κ3) is 3.13. The van der Waals surface area contributed by atoms with E-state index < -0.39 is 0 Å². The Kier molecular flexibility index (Phi) is 4.34. The molecule has 2 heteroatoms. The first-order valence-corrected chi connectivity index (χ1v) is 9.04. The van der Waals surface area contributed by atoms with Crippen LogP contribution in [-0.2, 0) is 13.1 Å². The van der Waals surface area contributed by atoms with E-state index in [1.807, 2.05) is 0 Å². The molecular formula is C21H26N2. The highest BCUT2D eigenvalue weighted by molar-refractivity contribution is 5.56. The van der Waals surface area contributed by atoms with Crippen molar-refractivity contribution in [2.24, 2.45) is 0 Å². The molecule has 2 aliphatic rings. The Balaban J connectivity index is 1.65. The van der Waals surface area contributed by atoms with Gasteiger partial charge in [-0.05, 0) is 30.0 Å². The Morgan fingerprint density at radius 2 is 1.61 bits per heavy atom. The van der Waals surface area contributed by atoms with Crippen molar-refractivity contribution in [3.05, 3.63) is 65.7 Å².